The highest BCUT2D eigenvalue weighted by Crippen LogP contribution is 2.33. The van der Waals surface area contributed by atoms with E-state index in [-0.39, 0.29) is 0 Å². The first-order valence-corrected chi connectivity index (χ1v) is 10.7. The lowest BCUT2D eigenvalue weighted by Crippen LogP contribution is -2.41. The Hall–Kier alpha value is -0.160. The van der Waals surface area contributed by atoms with E-state index in [9.17, 15) is 0 Å². The van der Waals surface area contributed by atoms with Crippen molar-refractivity contribution in [1.82, 2.24) is 21.3 Å². The second kappa shape index (κ2) is 19.2. The normalized spacial score (nSPS) is 19.5. The van der Waals surface area contributed by atoms with E-state index >= 15 is 0 Å². The Labute approximate surface area is 152 Å². The van der Waals surface area contributed by atoms with Crippen LogP contribution in [-0.2, 0) is 0 Å². The van der Waals surface area contributed by atoms with E-state index in [1.165, 1.54) is 77.8 Å². The molecular weight excluding hydrogens is 296 g/mol. The van der Waals surface area contributed by atoms with Crippen LogP contribution < -0.4 is 21.3 Å². The van der Waals surface area contributed by atoms with Crippen molar-refractivity contribution in [2.45, 2.75) is 66.2 Å². The molecular formula is C20H46N4. The van der Waals surface area contributed by atoms with Crippen LogP contribution in [0.3, 0.4) is 0 Å². The van der Waals surface area contributed by atoms with Crippen LogP contribution in [0, 0.1) is 11.8 Å². The van der Waals surface area contributed by atoms with Crippen molar-refractivity contribution in [2.24, 2.45) is 11.8 Å². The summed E-state index contributed by atoms with van der Waals surface area (Å²) in [5.74, 6) is 1.84. The van der Waals surface area contributed by atoms with E-state index in [1.807, 2.05) is 13.8 Å². The first-order valence-electron chi connectivity index (χ1n) is 10.7. The van der Waals surface area contributed by atoms with Gasteiger partial charge in [0.05, 0.1) is 0 Å². The molecule has 1 rings (SSSR count). The molecule has 0 bridgehead atoms. The molecule has 0 saturated heterocycles. The lowest BCUT2D eigenvalue weighted by Gasteiger charge is -2.37. The van der Waals surface area contributed by atoms with Crippen LogP contribution in [0.4, 0.5) is 0 Å². The van der Waals surface area contributed by atoms with Crippen LogP contribution in [-0.4, -0.2) is 52.4 Å². The average molecular weight is 343 g/mol. The molecule has 4 N–H and O–H groups in total. The summed E-state index contributed by atoms with van der Waals surface area (Å²) in [6.07, 6.45) is 8.05. The highest BCUT2D eigenvalue weighted by molar-refractivity contribution is 4.83. The minimum Gasteiger partial charge on any atom is -0.317 e. The second-order valence-corrected chi connectivity index (χ2v) is 6.63. The maximum Gasteiger partial charge on any atom is -0.00174 e. The predicted octanol–water partition coefficient (Wildman–Crippen LogP) is 3.00. The third kappa shape index (κ3) is 13.2. The lowest BCUT2D eigenvalue weighted by atomic mass is 9.73. The van der Waals surface area contributed by atoms with E-state index < -0.39 is 0 Å². The smallest absolute Gasteiger partial charge is 0.00174 e. The van der Waals surface area contributed by atoms with Gasteiger partial charge in [-0.05, 0) is 103 Å². The quantitative estimate of drug-likeness (QED) is 0.326. The van der Waals surface area contributed by atoms with Crippen LogP contribution in [0.15, 0.2) is 0 Å². The summed E-state index contributed by atoms with van der Waals surface area (Å²) in [5.41, 5.74) is 0. The van der Waals surface area contributed by atoms with Crippen molar-refractivity contribution in [3.63, 3.8) is 0 Å². The summed E-state index contributed by atoms with van der Waals surface area (Å²) in [4.78, 5) is 0. The summed E-state index contributed by atoms with van der Waals surface area (Å²) in [5, 5.41) is 14.1. The fraction of sp³-hybridized carbons (Fsp3) is 1.00. The number of nitrogens with one attached hydrogen (secondary N) is 4. The van der Waals surface area contributed by atoms with Gasteiger partial charge in [-0.1, -0.05) is 27.7 Å². The van der Waals surface area contributed by atoms with Gasteiger partial charge in [0.25, 0.3) is 0 Å². The Morgan fingerprint density at radius 3 is 1.21 bits per heavy atom. The standard InChI is InChI=1S/C18H40N4.C2H6/c1-3-19-11-5-7-13-21-15-17-9-10-18(17)16-22-14-8-6-12-20-4-2;1-2/h17-22H,3-16H2,1-2H3;1-2H3. The highest BCUT2D eigenvalue weighted by atomic mass is 14.9. The average Bonchev–Trinajstić information content (AvgIpc) is 2.60. The molecule has 1 saturated carbocycles. The molecule has 0 heterocycles. The topological polar surface area (TPSA) is 48.1 Å². The summed E-state index contributed by atoms with van der Waals surface area (Å²) < 4.78 is 0. The van der Waals surface area contributed by atoms with E-state index in [0.29, 0.717) is 0 Å². The van der Waals surface area contributed by atoms with Gasteiger partial charge < -0.3 is 21.3 Å². The first-order chi connectivity index (χ1) is 11.9. The van der Waals surface area contributed by atoms with Gasteiger partial charge in [-0.2, -0.15) is 0 Å². The van der Waals surface area contributed by atoms with Crippen LogP contribution in [0.5, 0.6) is 0 Å². The Kier molecular flexibility index (Phi) is 19.0. The maximum absolute atomic E-state index is 3.66. The van der Waals surface area contributed by atoms with Crippen molar-refractivity contribution in [3.05, 3.63) is 0 Å². The van der Waals surface area contributed by atoms with Crippen molar-refractivity contribution in [1.29, 1.82) is 0 Å². The minimum absolute atomic E-state index is 0.919. The fourth-order valence-corrected chi connectivity index (χ4v) is 3.10. The zero-order valence-electron chi connectivity index (χ0n) is 17.1. The van der Waals surface area contributed by atoms with Crippen molar-refractivity contribution in [2.75, 3.05) is 52.4 Å². The van der Waals surface area contributed by atoms with Gasteiger partial charge in [0.2, 0.25) is 0 Å². The summed E-state index contributed by atoms with van der Waals surface area (Å²) >= 11 is 0. The molecule has 1 aliphatic carbocycles. The van der Waals surface area contributed by atoms with Gasteiger partial charge in [0, 0.05) is 0 Å². The Morgan fingerprint density at radius 2 is 0.917 bits per heavy atom. The molecule has 0 aliphatic heterocycles. The van der Waals surface area contributed by atoms with Crippen LogP contribution >= 0.6 is 0 Å². The van der Waals surface area contributed by atoms with Gasteiger partial charge in [-0.15, -0.1) is 0 Å². The van der Waals surface area contributed by atoms with Crippen LogP contribution in [0.1, 0.15) is 66.2 Å². The fourth-order valence-electron chi connectivity index (χ4n) is 3.10. The molecule has 0 spiro atoms. The summed E-state index contributed by atoms with van der Waals surface area (Å²) in [6.45, 7) is 17.7. The largest absolute Gasteiger partial charge is 0.317 e. The molecule has 4 heteroatoms. The number of hydrogen-bond donors (Lipinski definition) is 4. The van der Waals surface area contributed by atoms with Crippen LogP contribution in [0.2, 0.25) is 0 Å². The third-order valence-electron chi connectivity index (χ3n) is 4.80. The number of rotatable bonds is 16. The molecule has 1 aliphatic rings. The second-order valence-electron chi connectivity index (χ2n) is 6.63. The molecule has 0 amide bonds. The molecule has 2 atom stereocenters. The van der Waals surface area contributed by atoms with Crippen LogP contribution in [0.25, 0.3) is 0 Å². The Morgan fingerprint density at radius 1 is 0.583 bits per heavy atom. The highest BCUT2D eigenvalue weighted by Gasteiger charge is 2.29. The van der Waals surface area contributed by atoms with E-state index in [2.05, 4.69) is 35.1 Å². The molecule has 0 aromatic heterocycles. The first kappa shape index (κ1) is 23.8. The lowest BCUT2D eigenvalue weighted by molar-refractivity contribution is 0.167. The van der Waals surface area contributed by atoms with E-state index in [1.54, 1.807) is 0 Å². The molecule has 1 fully saturated rings. The summed E-state index contributed by atoms with van der Waals surface area (Å²) in [7, 11) is 0. The third-order valence-corrected chi connectivity index (χ3v) is 4.80. The number of unbranched alkanes of at least 4 members (excludes halogenated alkanes) is 2. The van der Waals surface area contributed by atoms with Gasteiger partial charge in [0.1, 0.15) is 0 Å². The van der Waals surface area contributed by atoms with Gasteiger partial charge in [0.15, 0.2) is 0 Å². The van der Waals surface area contributed by atoms with Gasteiger partial charge in [-0.3, -0.25) is 0 Å². The van der Waals surface area contributed by atoms with Gasteiger partial charge in [-0.25, -0.2) is 0 Å². The van der Waals surface area contributed by atoms with Crippen molar-refractivity contribution >= 4 is 0 Å². The molecule has 0 radical (unpaired) electrons. The van der Waals surface area contributed by atoms with Crippen molar-refractivity contribution < 1.29 is 0 Å². The van der Waals surface area contributed by atoms with E-state index in [0.717, 1.165) is 24.9 Å². The molecule has 0 aromatic rings. The molecule has 24 heavy (non-hydrogen) atoms. The summed E-state index contributed by atoms with van der Waals surface area (Å²) in [6, 6.07) is 0. The Balaban J connectivity index is 0.00000254. The molecule has 146 valence electrons. The van der Waals surface area contributed by atoms with Gasteiger partial charge >= 0.3 is 0 Å². The maximum atomic E-state index is 3.66. The zero-order valence-corrected chi connectivity index (χ0v) is 17.1. The zero-order chi connectivity index (χ0) is 17.9. The predicted molar refractivity (Wildman–Crippen MR) is 109 cm³/mol. The Bertz CT molecular complexity index is 212. The minimum atomic E-state index is 0.919. The van der Waals surface area contributed by atoms with E-state index in [4.69, 9.17) is 0 Å². The molecule has 0 aromatic carbocycles. The monoisotopic (exact) mass is 342 g/mol. The van der Waals surface area contributed by atoms with Crippen molar-refractivity contribution in [3.8, 4) is 0 Å². The molecule has 4 nitrogen and oxygen atoms in total. The molecule has 2 unspecified atom stereocenters. The number of hydrogen-bond acceptors (Lipinski definition) is 4. The SMILES string of the molecule is CC.CCNCCCCNCC1CCC1CNCCCCNCC.